The average molecular weight is 557 g/mol. The summed E-state index contributed by atoms with van der Waals surface area (Å²) in [7, 11) is 0. The number of rotatable bonds is 6. The SMILES string of the molecule is CCc1cccc(N2CCc3c(nc(OCC45CCCN4CCC5)nc3N3CC4CCC(C3)N4)C2)c1C(F)(F)F. The van der Waals surface area contributed by atoms with Crippen molar-refractivity contribution in [2.24, 2.45) is 0 Å². The second-order valence-corrected chi connectivity index (χ2v) is 12.3. The summed E-state index contributed by atoms with van der Waals surface area (Å²) in [6.07, 6.45) is 3.50. The van der Waals surface area contributed by atoms with Gasteiger partial charge >= 0.3 is 12.2 Å². The molecule has 1 N–H and O–H groups in total. The first-order valence-electron chi connectivity index (χ1n) is 15.1. The Labute approximate surface area is 234 Å². The van der Waals surface area contributed by atoms with E-state index in [4.69, 9.17) is 14.7 Å². The van der Waals surface area contributed by atoms with Crippen molar-refractivity contribution in [1.29, 1.82) is 0 Å². The number of piperazine rings is 1. The number of anilines is 2. The van der Waals surface area contributed by atoms with E-state index in [-0.39, 0.29) is 11.2 Å². The van der Waals surface area contributed by atoms with Crippen LogP contribution in [0, 0.1) is 0 Å². The minimum Gasteiger partial charge on any atom is -0.461 e. The van der Waals surface area contributed by atoms with Crippen LogP contribution < -0.4 is 19.9 Å². The van der Waals surface area contributed by atoms with Gasteiger partial charge in [-0.1, -0.05) is 19.1 Å². The lowest BCUT2D eigenvalue weighted by Gasteiger charge is -2.38. The van der Waals surface area contributed by atoms with Gasteiger partial charge in [-0.15, -0.1) is 0 Å². The van der Waals surface area contributed by atoms with Crippen molar-refractivity contribution >= 4 is 11.5 Å². The summed E-state index contributed by atoms with van der Waals surface area (Å²) in [5.74, 6) is 0.920. The van der Waals surface area contributed by atoms with Gasteiger partial charge in [-0.05, 0) is 76.1 Å². The summed E-state index contributed by atoms with van der Waals surface area (Å²) in [5.41, 5.74) is 1.98. The highest BCUT2D eigenvalue weighted by Crippen LogP contribution is 2.42. The zero-order valence-electron chi connectivity index (χ0n) is 23.3. The van der Waals surface area contributed by atoms with E-state index in [1.54, 1.807) is 25.1 Å². The predicted molar refractivity (Wildman–Crippen MR) is 148 cm³/mol. The summed E-state index contributed by atoms with van der Waals surface area (Å²) >= 11 is 0. The maximum atomic E-state index is 14.3. The topological polar surface area (TPSA) is 56.8 Å². The summed E-state index contributed by atoms with van der Waals surface area (Å²) in [4.78, 5) is 16.7. The van der Waals surface area contributed by atoms with Gasteiger partial charge < -0.3 is 19.9 Å². The number of fused-ring (bicyclic) bond motifs is 4. The molecule has 2 atom stereocenters. The number of hydrogen-bond acceptors (Lipinski definition) is 7. The fraction of sp³-hybridized carbons (Fsp3) is 0.667. The zero-order chi connectivity index (χ0) is 27.5. The molecule has 40 heavy (non-hydrogen) atoms. The molecule has 2 bridgehead atoms. The molecular weight excluding hydrogens is 517 g/mol. The molecule has 2 aromatic rings. The highest BCUT2D eigenvalue weighted by molar-refractivity contribution is 5.61. The molecule has 0 spiro atoms. The molecule has 2 unspecified atom stereocenters. The largest absolute Gasteiger partial charge is 0.461 e. The molecule has 5 aliphatic rings. The van der Waals surface area contributed by atoms with Gasteiger partial charge in [-0.3, -0.25) is 4.90 Å². The summed E-state index contributed by atoms with van der Waals surface area (Å²) < 4.78 is 49.2. The number of aromatic nitrogens is 2. The van der Waals surface area contributed by atoms with Crippen molar-refractivity contribution in [3.63, 3.8) is 0 Å². The van der Waals surface area contributed by atoms with E-state index in [1.165, 1.54) is 12.8 Å². The first kappa shape index (κ1) is 26.3. The Hall–Kier alpha value is -2.59. The number of alkyl halides is 3. The Bertz CT molecular complexity index is 1250. The predicted octanol–water partition coefficient (Wildman–Crippen LogP) is 4.57. The van der Waals surface area contributed by atoms with Crippen molar-refractivity contribution in [3.8, 4) is 6.01 Å². The van der Waals surface area contributed by atoms with E-state index in [0.29, 0.717) is 56.2 Å². The molecule has 1 aromatic carbocycles. The number of hydrogen-bond donors (Lipinski definition) is 1. The van der Waals surface area contributed by atoms with Gasteiger partial charge in [0.2, 0.25) is 0 Å². The van der Waals surface area contributed by atoms with Crippen LogP contribution in [0.15, 0.2) is 18.2 Å². The Morgan fingerprint density at radius 2 is 1.77 bits per heavy atom. The minimum atomic E-state index is -4.42. The average Bonchev–Trinajstić information content (AvgIpc) is 3.63. The molecule has 0 saturated carbocycles. The molecule has 7 nitrogen and oxygen atoms in total. The Morgan fingerprint density at radius 3 is 2.48 bits per heavy atom. The van der Waals surface area contributed by atoms with Crippen LogP contribution in [0.25, 0.3) is 0 Å². The molecule has 6 heterocycles. The van der Waals surface area contributed by atoms with E-state index in [9.17, 15) is 13.2 Å². The van der Waals surface area contributed by atoms with Gasteiger partial charge in [0.25, 0.3) is 0 Å². The van der Waals surface area contributed by atoms with Crippen LogP contribution in [-0.2, 0) is 25.6 Å². The van der Waals surface area contributed by atoms with Crippen molar-refractivity contribution < 1.29 is 17.9 Å². The van der Waals surface area contributed by atoms with E-state index >= 15 is 0 Å². The van der Waals surface area contributed by atoms with Crippen molar-refractivity contribution in [2.75, 3.05) is 49.1 Å². The highest BCUT2D eigenvalue weighted by atomic mass is 19.4. The van der Waals surface area contributed by atoms with Crippen LogP contribution in [0.4, 0.5) is 24.7 Å². The Morgan fingerprint density at radius 1 is 1.02 bits per heavy atom. The third-order valence-corrected chi connectivity index (χ3v) is 9.95. The van der Waals surface area contributed by atoms with Crippen molar-refractivity contribution in [3.05, 3.63) is 40.6 Å². The molecule has 1 aromatic heterocycles. The maximum absolute atomic E-state index is 14.3. The van der Waals surface area contributed by atoms with E-state index in [1.807, 2.05) is 4.90 Å². The number of aryl methyl sites for hydroxylation is 1. The van der Waals surface area contributed by atoms with Gasteiger partial charge in [0.1, 0.15) is 12.4 Å². The van der Waals surface area contributed by atoms with Gasteiger partial charge in [-0.2, -0.15) is 23.1 Å². The fourth-order valence-corrected chi connectivity index (χ4v) is 8.02. The molecule has 4 saturated heterocycles. The standard InChI is InChI=1S/C30H39F3N6O/c1-2-20-6-3-7-25(26(20)30(31,32)33)37-15-10-23-24(18-37)35-28(40-19-29-11-4-13-39(29)14-5-12-29)36-27(23)38-16-21-8-9-22(17-38)34-21/h3,6-7,21-22,34H,2,4-5,8-19H2,1H3. The lowest BCUT2D eigenvalue weighted by molar-refractivity contribution is -0.137. The molecule has 0 radical (unpaired) electrons. The summed E-state index contributed by atoms with van der Waals surface area (Å²) in [6, 6.07) is 6.20. The number of halogens is 3. The molecule has 0 aliphatic carbocycles. The van der Waals surface area contributed by atoms with Crippen LogP contribution in [0.2, 0.25) is 0 Å². The van der Waals surface area contributed by atoms with Crippen molar-refractivity contribution in [1.82, 2.24) is 20.2 Å². The van der Waals surface area contributed by atoms with Gasteiger partial charge in [0, 0.05) is 43.0 Å². The van der Waals surface area contributed by atoms with E-state index in [2.05, 4.69) is 15.1 Å². The first-order chi connectivity index (χ1) is 19.3. The molecule has 0 amide bonds. The summed E-state index contributed by atoms with van der Waals surface area (Å²) in [5, 5.41) is 3.69. The van der Waals surface area contributed by atoms with Gasteiger partial charge in [-0.25, -0.2) is 0 Å². The van der Waals surface area contributed by atoms with Gasteiger partial charge in [0.15, 0.2) is 0 Å². The summed E-state index contributed by atoms with van der Waals surface area (Å²) in [6.45, 7) is 7.17. The van der Waals surface area contributed by atoms with Crippen LogP contribution in [0.5, 0.6) is 6.01 Å². The maximum Gasteiger partial charge on any atom is 0.418 e. The van der Waals surface area contributed by atoms with Gasteiger partial charge in [0.05, 0.1) is 23.3 Å². The van der Waals surface area contributed by atoms with E-state index < -0.39 is 11.7 Å². The highest BCUT2D eigenvalue weighted by Gasteiger charge is 2.45. The molecule has 10 heteroatoms. The fourth-order valence-electron chi connectivity index (χ4n) is 8.02. The third-order valence-electron chi connectivity index (χ3n) is 9.95. The minimum absolute atomic E-state index is 0.0712. The lowest BCUT2D eigenvalue weighted by atomic mass is 9.95. The Kier molecular flexibility index (Phi) is 6.61. The van der Waals surface area contributed by atoms with Crippen molar-refractivity contribution in [2.45, 2.75) is 88.6 Å². The number of nitrogens with one attached hydrogen (secondary N) is 1. The van der Waals surface area contributed by atoms with E-state index in [0.717, 1.165) is 68.9 Å². The van der Waals surface area contributed by atoms with Crippen LogP contribution >= 0.6 is 0 Å². The molecule has 4 fully saturated rings. The second kappa shape index (κ2) is 10.0. The monoisotopic (exact) mass is 556 g/mol. The second-order valence-electron chi connectivity index (χ2n) is 12.3. The molecule has 5 aliphatic heterocycles. The first-order valence-corrected chi connectivity index (χ1v) is 15.1. The quantitative estimate of drug-likeness (QED) is 0.560. The molecular formula is C30H39F3N6O. The van der Waals surface area contributed by atoms with Crippen LogP contribution in [-0.4, -0.2) is 71.8 Å². The number of nitrogens with zero attached hydrogens (tertiary/aromatic N) is 5. The Balaban J connectivity index is 1.23. The molecule has 7 rings (SSSR count). The molecule has 216 valence electrons. The lowest BCUT2D eigenvalue weighted by Crippen LogP contribution is -2.52. The smallest absolute Gasteiger partial charge is 0.418 e. The normalized spacial score (nSPS) is 25.8. The number of ether oxygens (including phenoxy) is 1. The third kappa shape index (κ3) is 4.61. The van der Waals surface area contributed by atoms with Crippen LogP contribution in [0.1, 0.15) is 67.8 Å². The zero-order valence-corrected chi connectivity index (χ0v) is 23.3. The van der Waals surface area contributed by atoms with Crippen LogP contribution in [0.3, 0.4) is 0 Å². The number of benzene rings is 1.